The first kappa shape index (κ1) is 14.3. The van der Waals surface area contributed by atoms with E-state index >= 15 is 0 Å². The molecule has 0 amide bonds. The summed E-state index contributed by atoms with van der Waals surface area (Å²) in [5.41, 5.74) is 4.29. The van der Waals surface area contributed by atoms with Crippen LogP contribution in [0.5, 0.6) is 0 Å². The van der Waals surface area contributed by atoms with Crippen LogP contribution >= 0.6 is 0 Å². The van der Waals surface area contributed by atoms with Crippen LogP contribution in [0.2, 0.25) is 0 Å². The van der Waals surface area contributed by atoms with Crippen molar-refractivity contribution < 1.29 is 4.42 Å². The zero-order valence-corrected chi connectivity index (χ0v) is 12.8. The molecule has 0 saturated heterocycles. The van der Waals surface area contributed by atoms with Crippen LogP contribution in [0.15, 0.2) is 77.2 Å². The van der Waals surface area contributed by atoms with Gasteiger partial charge in [-0.25, -0.2) is 4.98 Å². The molecule has 22 heavy (non-hydrogen) atoms. The van der Waals surface area contributed by atoms with Gasteiger partial charge in [0.15, 0.2) is 0 Å². The molecule has 110 valence electrons. The molecule has 0 aliphatic rings. The fourth-order valence-corrected chi connectivity index (χ4v) is 2.43. The number of oxazole rings is 1. The molecule has 0 aliphatic carbocycles. The van der Waals surface area contributed by atoms with Crippen molar-refractivity contribution in [3.05, 3.63) is 89.8 Å². The standard InChI is InChI=1S/C20H19NO/c1-15(2)13-18-19(14-16-9-5-3-6-10-16)22-20(21-18)17-11-7-4-8-12-17/h3-12H,1,13-14H2,2H3. The SMILES string of the molecule is C=C(C)Cc1nc(-c2ccccc2)oc1Cc1ccccc1. The number of allylic oxidation sites excluding steroid dienone is 1. The molecule has 0 spiro atoms. The molecule has 0 aliphatic heterocycles. The van der Waals surface area contributed by atoms with Crippen LogP contribution in [0.25, 0.3) is 11.5 Å². The second-order valence-corrected chi connectivity index (χ2v) is 5.55. The number of benzene rings is 2. The third kappa shape index (κ3) is 3.34. The molecular formula is C20H19NO. The van der Waals surface area contributed by atoms with Crippen molar-refractivity contribution in [2.75, 3.05) is 0 Å². The van der Waals surface area contributed by atoms with Crippen molar-refractivity contribution in [1.29, 1.82) is 0 Å². The fourth-order valence-electron chi connectivity index (χ4n) is 2.43. The van der Waals surface area contributed by atoms with Crippen molar-refractivity contribution in [2.24, 2.45) is 0 Å². The second-order valence-electron chi connectivity index (χ2n) is 5.55. The quantitative estimate of drug-likeness (QED) is 0.614. The van der Waals surface area contributed by atoms with E-state index in [1.54, 1.807) is 0 Å². The summed E-state index contributed by atoms with van der Waals surface area (Å²) in [6.45, 7) is 6.02. The smallest absolute Gasteiger partial charge is 0.226 e. The Morgan fingerprint density at radius 3 is 2.27 bits per heavy atom. The average molecular weight is 289 g/mol. The minimum Gasteiger partial charge on any atom is -0.441 e. The molecule has 0 unspecified atom stereocenters. The van der Waals surface area contributed by atoms with Crippen LogP contribution in [0.3, 0.4) is 0 Å². The highest BCUT2D eigenvalue weighted by Crippen LogP contribution is 2.25. The van der Waals surface area contributed by atoms with Gasteiger partial charge in [-0.3, -0.25) is 0 Å². The van der Waals surface area contributed by atoms with E-state index in [4.69, 9.17) is 4.42 Å². The summed E-state index contributed by atoms with van der Waals surface area (Å²) >= 11 is 0. The summed E-state index contributed by atoms with van der Waals surface area (Å²) in [6.07, 6.45) is 1.50. The monoisotopic (exact) mass is 289 g/mol. The van der Waals surface area contributed by atoms with Gasteiger partial charge in [0.2, 0.25) is 5.89 Å². The maximum Gasteiger partial charge on any atom is 0.226 e. The highest BCUT2D eigenvalue weighted by molar-refractivity contribution is 5.53. The Hall–Kier alpha value is -2.61. The van der Waals surface area contributed by atoms with E-state index in [0.717, 1.165) is 35.4 Å². The van der Waals surface area contributed by atoms with Gasteiger partial charge < -0.3 is 4.42 Å². The molecule has 2 heteroatoms. The van der Waals surface area contributed by atoms with Gasteiger partial charge in [-0.2, -0.15) is 0 Å². The minimum absolute atomic E-state index is 0.683. The van der Waals surface area contributed by atoms with Gasteiger partial charge >= 0.3 is 0 Å². The van der Waals surface area contributed by atoms with Gasteiger partial charge in [0.05, 0.1) is 5.69 Å². The third-order valence-electron chi connectivity index (χ3n) is 3.48. The highest BCUT2D eigenvalue weighted by atomic mass is 16.4. The summed E-state index contributed by atoms with van der Waals surface area (Å²) in [6, 6.07) is 20.3. The van der Waals surface area contributed by atoms with Gasteiger partial charge in [-0.1, -0.05) is 60.7 Å². The Morgan fingerprint density at radius 1 is 1.00 bits per heavy atom. The summed E-state index contributed by atoms with van der Waals surface area (Å²) in [7, 11) is 0. The van der Waals surface area contributed by atoms with Crippen LogP contribution < -0.4 is 0 Å². The highest BCUT2D eigenvalue weighted by Gasteiger charge is 2.15. The van der Waals surface area contributed by atoms with Crippen LogP contribution in [0, 0.1) is 0 Å². The molecule has 1 aromatic heterocycles. The van der Waals surface area contributed by atoms with E-state index in [-0.39, 0.29) is 0 Å². The first-order valence-electron chi connectivity index (χ1n) is 7.44. The molecule has 2 nitrogen and oxygen atoms in total. The van der Waals surface area contributed by atoms with E-state index in [1.165, 1.54) is 5.56 Å². The summed E-state index contributed by atoms with van der Waals surface area (Å²) in [5.74, 6) is 1.61. The van der Waals surface area contributed by atoms with Gasteiger partial charge in [0, 0.05) is 18.4 Å². The lowest BCUT2D eigenvalue weighted by Crippen LogP contribution is -1.94. The van der Waals surface area contributed by atoms with Gasteiger partial charge in [-0.05, 0) is 24.6 Å². The number of hydrogen-bond donors (Lipinski definition) is 0. The molecule has 3 rings (SSSR count). The largest absolute Gasteiger partial charge is 0.441 e. The minimum atomic E-state index is 0.683. The zero-order valence-electron chi connectivity index (χ0n) is 12.8. The second kappa shape index (κ2) is 6.44. The lowest BCUT2D eigenvalue weighted by atomic mass is 10.1. The average Bonchev–Trinajstić information content (AvgIpc) is 2.91. The topological polar surface area (TPSA) is 26.0 Å². The summed E-state index contributed by atoms with van der Waals surface area (Å²) in [5, 5.41) is 0. The lowest BCUT2D eigenvalue weighted by molar-refractivity contribution is 0.526. The zero-order chi connectivity index (χ0) is 15.4. The molecule has 1 heterocycles. The van der Waals surface area contributed by atoms with Crippen molar-refractivity contribution >= 4 is 0 Å². The van der Waals surface area contributed by atoms with Crippen LogP contribution in [-0.2, 0) is 12.8 Å². The van der Waals surface area contributed by atoms with Crippen LogP contribution in [0.4, 0.5) is 0 Å². The van der Waals surface area contributed by atoms with Gasteiger partial charge in [0.1, 0.15) is 5.76 Å². The normalized spacial score (nSPS) is 10.6. The van der Waals surface area contributed by atoms with Crippen molar-refractivity contribution in [1.82, 2.24) is 4.98 Å². The number of nitrogens with zero attached hydrogens (tertiary/aromatic N) is 1. The molecule has 0 fully saturated rings. The van der Waals surface area contributed by atoms with E-state index in [2.05, 4.69) is 23.7 Å². The third-order valence-corrected chi connectivity index (χ3v) is 3.48. The van der Waals surface area contributed by atoms with E-state index in [0.29, 0.717) is 5.89 Å². The molecular weight excluding hydrogens is 270 g/mol. The lowest BCUT2D eigenvalue weighted by Gasteiger charge is -2.01. The van der Waals surface area contributed by atoms with Crippen molar-refractivity contribution in [2.45, 2.75) is 19.8 Å². The molecule has 3 aromatic rings. The summed E-state index contributed by atoms with van der Waals surface area (Å²) in [4.78, 5) is 4.69. The Balaban J connectivity index is 1.96. The molecule has 2 aromatic carbocycles. The fraction of sp³-hybridized carbons (Fsp3) is 0.150. The molecule has 0 N–H and O–H groups in total. The van der Waals surface area contributed by atoms with Crippen molar-refractivity contribution in [3.8, 4) is 11.5 Å². The van der Waals surface area contributed by atoms with Crippen LogP contribution in [-0.4, -0.2) is 4.98 Å². The molecule has 0 radical (unpaired) electrons. The maximum atomic E-state index is 6.05. The number of hydrogen-bond acceptors (Lipinski definition) is 2. The Kier molecular flexibility index (Phi) is 4.19. The number of rotatable bonds is 5. The Bertz CT molecular complexity index is 757. The van der Waals surface area contributed by atoms with E-state index in [9.17, 15) is 0 Å². The van der Waals surface area contributed by atoms with Gasteiger partial charge in [0.25, 0.3) is 0 Å². The Labute approximate surface area is 131 Å². The predicted octanol–water partition coefficient (Wildman–Crippen LogP) is 5.05. The number of aromatic nitrogens is 1. The van der Waals surface area contributed by atoms with Crippen molar-refractivity contribution in [3.63, 3.8) is 0 Å². The maximum absolute atomic E-state index is 6.05. The predicted molar refractivity (Wildman–Crippen MR) is 89.7 cm³/mol. The first-order valence-corrected chi connectivity index (χ1v) is 7.44. The first-order chi connectivity index (χ1) is 10.7. The Morgan fingerprint density at radius 2 is 1.64 bits per heavy atom. The molecule has 0 saturated carbocycles. The van der Waals surface area contributed by atoms with E-state index in [1.807, 2.05) is 55.5 Å². The molecule has 0 bridgehead atoms. The van der Waals surface area contributed by atoms with Crippen LogP contribution in [0.1, 0.15) is 23.9 Å². The summed E-state index contributed by atoms with van der Waals surface area (Å²) < 4.78 is 6.05. The van der Waals surface area contributed by atoms with Gasteiger partial charge in [-0.15, -0.1) is 0 Å². The molecule has 0 atom stereocenters. The van der Waals surface area contributed by atoms with E-state index < -0.39 is 0 Å².